The van der Waals surface area contributed by atoms with Gasteiger partial charge in [-0.2, -0.15) is 18.3 Å². The van der Waals surface area contributed by atoms with E-state index < -0.39 is 23.1 Å². The van der Waals surface area contributed by atoms with Crippen molar-refractivity contribution in [2.24, 2.45) is 0 Å². The molecular formula is C22H26F3N3O3. The smallest absolute Gasteiger partial charge is 0.378 e. The molecule has 1 saturated carbocycles. The van der Waals surface area contributed by atoms with Crippen molar-refractivity contribution >= 4 is 5.91 Å². The number of ether oxygens (including phenoxy) is 1. The molecule has 1 aromatic heterocycles. The highest BCUT2D eigenvalue weighted by atomic mass is 19.4. The zero-order chi connectivity index (χ0) is 22.4. The summed E-state index contributed by atoms with van der Waals surface area (Å²) in [6, 6.07) is 5.75. The van der Waals surface area contributed by atoms with Gasteiger partial charge in [0.2, 0.25) is 5.43 Å². The molecule has 6 nitrogen and oxygen atoms in total. The van der Waals surface area contributed by atoms with Crippen molar-refractivity contribution < 1.29 is 22.7 Å². The van der Waals surface area contributed by atoms with Gasteiger partial charge in [0.25, 0.3) is 5.91 Å². The van der Waals surface area contributed by atoms with Crippen LogP contribution in [0, 0.1) is 6.92 Å². The minimum atomic E-state index is -4.51. The van der Waals surface area contributed by atoms with Crippen LogP contribution in [0.3, 0.4) is 0 Å². The number of carbonyl (C=O) groups excluding carboxylic acids is 1. The number of aryl methyl sites for hydroxylation is 1. The highest BCUT2D eigenvalue weighted by molar-refractivity contribution is 5.92. The molecule has 2 aromatic rings. The molecule has 1 aliphatic rings. The van der Waals surface area contributed by atoms with Crippen LogP contribution in [0.1, 0.15) is 60.3 Å². The normalized spacial score (nSPS) is 15.1. The Bertz CT molecular complexity index is 966. The molecular weight excluding hydrogens is 411 g/mol. The van der Waals surface area contributed by atoms with Gasteiger partial charge in [0.15, 0.2) is 5.69 Å². The van der Waals surface area contributed by atoms with Crippen molar-refractivity contribution in [1.29, 1.82) is 0 Å². The van der Waals surface area contributed by atoms with E-state index in [4.69, 9.17) is 4.74 Å². The first kappa shape index (κ1) is 23.0. The number of hydrogen-bond acceptors (Lipinski definition) is 4. The number of benzene rings is 1. The van der Waals surface area contributed by atoms with Gasteiger partial charge in [0.1, 0.15) is 0 Å². The Morgan fingerprint density at radius 3 is 2.68 bits per heavy atom. The second-order valence-corrected chi connectivity index (χ2v) is 7.70. The second kappa shape index (κ2) is 10.1. The maximum absolute atomic E-state index is 13.0. The molecule has 3 rings (SSSR count). The van der Waals surface area contributed by atoms with Gasteiger partial charge in [-0.15, -0.1) is 0 Å². The van der Waals surface area contributed by atoms with Crippen LogP contribution < -0.4 is 10.7 Å². The van der Waals surface area contributed by atoms with E-state index >= 15 is 0 Å². The third-order valence-corrected chi connectivity index (χ3v) is 5.25. The summed E-state index contributed by atoms with van der Waals surface area (Å²) in [4.78, 5) is 24.7. The van der Waals surface area contributed by atoms with E-state index in [1.165, 1.54) is 37.5 Å². The maximum Gasteiger partial charge on any atom is 0.416 e. The van der Waals surface area contributed by atoms with Crippen LogP contribution in [0.5, 0.6) is 0 Å². The Morgan fingerprint density at radius 2 is 1.97 bits per heavy atom. The van der Waals surface area contributed by atoms with Gasteiger partial charge in [-0.3, -0.25) is 9.59 Å². The molecule has 1 N–H and O–H groups in total. The van der Waals surface area contributed by atoms with Crippen molar-refractivity contribution in [3.63, 3.8) is 0 Å². The first-order valence-corrected chi connectivity index (χ1v) is 10.4. The molecule has 0 atom stereocenters. The van der Waals surface area contributed by atoms with Crippen molar-refractivity contribution in [2.75, 3.05) is 13.2 Å². The van der Waals surface area contributed by atoms with E-state index in [1.807, 2.05) is 0 Å². The lowest BCUT2D eigenvalue weighted by molar-refractivity contribution is -0.137. The number of rotatable bonds is 7. The van der Waals surface area contributed by atoms with Crippen LogP contribution in [0.4, 0.5) is 13.2 Å². The average molecular weight is 437 g/mol. The van der Waals surface area contributed by atoms with Gasteiger partial charge in [0, 0.05) is 24.9 Å². The lowest BCUT2D eigenvalue weighted by Crippen LogP contribution is -2.33. The minimum Gasteiger partial charge on any atom is -0.378 e. The number of amides is 1. The summed E-state index contributed by atoms with van der Waals surface area (Å²) in [7, 11) is 0. The molecule has 1 fully saturated rings. The summed E-state index contributed by atoms with van der Waals surface area (Å²) in [5, 5.41) is 6.67. The average Bonchev–Trinajstić information content (AvgIpc) is 2.73. The van der Waals surface area contributed by atoms with Crippen molar-refractivity contribution in [3.8, 4) is 5.69 Å². The van der Waals surface area contributed by atoms with Crippen LogP contribution in [0.25, 0.3) is 5.69 Å². The molecule has 0 radical (unpaired) electrons. The topological polar surface area (TPSA) is 73.2 Å². The Morgan fingerprint density at radius 1 is 1.23 bits per heavy atom. The predicted octanol–water partition coefficient (Wildman–Crippen LogP) is 4.03. The van der Waals surface area contributed by atoms with E-state index in [0.29, 0.717) is 25.3 Å². The van der Waals surface area contributed by atoms with E-state index in [0.717, 1.165) is 29.7 Å². The first-order chi connectivity index (χ1) is 14.8. The highest BCUT2D eigenvalue weighted by Gasteiger charge is 2.30. The van der Waals surface area contributed by atoms with Gasteiger partial charge in [0.05, 0.1) is 17.4 Å². The molecule has 1 aliphatic carbocycles. The van der Waals surface area contributed by atoms with E-state index in [2.05, 4.69) is 10.4 Å². The number of nitrogens with zero attached hydrogens (tertiary/aromatic N) is 2. The first-order valence-electron chi connectivity index (χ1n) is 10.4. The van der Waals surface area contributed by atoms with Gasteiger partial charge in [-0.25, -0.2) is 4.68 Å². The van der Waals surface area contributed by atoms with Gasteiger partial charge < -0.3 is 10.1 Å². The summed E-state index contributed by atoms with van der Waals surface area (Å²) >= 11 is 0. The Hall–Kier alpha value is -2.68. The molecule has 0 unspecified atom stereocenters. The Kier molecular flexibility index (Phi) is 7.48. The summed E-state index contributed by atoms with van der Waals surface area (Å²) in [5.41, 5.74) is -1.36. The van der Waals surface area contributed by atoms with Crippen LogP contribution >= 0.6 is 0 Å². The zero-order valence-electron chi connectivity index (χ0n) is 17.4. The van der Waals surface area contributed by atoms with Crippen molar-refractivity contribution in [3.05, 3.63) is 57.5 Å². The third kappa shape index (κ3) is 6.16. The van der Waals surface area contributed by atoms with Gasteiger partial charge in [-0.05, 0) is 44.4 Å². The van der Waals surface area contributed by atoms with Crippen LogP contribution in [0.2, 0.25) is 0 Å². The van der Waals surface area contributed by atoms with Crippen molar-refractivity contribution in [2.45, 2.75) is 57.7 Å². The fourth-order valence-corrected chi connectivity index (χ4v) is 3.62. The fraction of sp³-hybridized carbons (Fsp3) is 0.500. The quantitative estimate of drug-likeness (QED) is 0.664. The van der Waals surface area contributed by atoms with Gasteiger partial charge >= 0.3 is 6.18 Å². The highest BCUT2D eigenvalue weighted by Crippen LogP contribution is 2.30. The van der Waals surface area contributed by atoms with E-state index in [9.17, 15) is 22.8 Å². The monoisotopic (exact) mass is 437 g/mol. The molecule has 1 amide bonds. The fourth-order valence-electron chi connectivity index (χ4n) is 3.62. The largest absolute Gasteiger partial charge is 0.416 e. The lowest BCUT2D eigenvalue weighted by atomic mass is 9.98. The minimum absolute atomic E-state index is 0.113. The molecule has 0 spiro atoms. The summed E-state index contributed by atoms with van der Waals surface area (Å²) in [6.07, 6.45) is 2.10. The number of alkyl halides is 3. The molecule has 0 saturated heterocycles. The standard InChI is InChI=1S/C22H26F3N3O3/c1-15-13-19(29)20(21(30)26-11-6-12-31-18-9-3-2-4-10-18)27-28(15)17-8-5-7-16(14-17)22(23,24)25/h5,7-8,13-14,18H,2-4,6,9-12H2,1H3,(H,26,30). The lowest BCUT2D eigenvalue weighted by Gasteiger charge is -2.21. The summed E-state index contributed by atoms with van der Waals surface area (Å²) in [6.45, 7) is 2.36. The summed E-state index contributed by atoms with van der Waals surface area (Å²) in [5.74, 6) is -0.664. The number of hydrogen-bond donors (Lipinski definition) is 1. The Labute approximate surface area is 178 Å². The molecule has 31 heavy (non-hydrogen) atoms. The predicted molar refractivity (Wildman–Crippen MR) is 109 cm³/mol. The number of carbonyl (C=O) groups is 1. The van der Waals surface area contributed by atoms with E-state index in [-0.39, 0.29) is 17.5 Å². The van der Waals surface area contributed by atoms with Crippen molar-refractivity contribution in [1.82, 2.24) is 15.1 Å². The molecule has 1 aromatic carbocycles. The summed E-state index contributed by atoms with van der Waals surface area (Å²) < 4.78 is 46.0. The molecule has 168 valence electrons. The molecule has 0 aliphatic heterocycles. The number of aromatic nitrogens is 2. The van der Waals surface area contributed by atoms with Crippen LogP contribution in [-0.4, -0.2) is 34.9 Å². The molecule has 1 heterocycles. The molecule has 0 bridgehead atoms. The second-order valence-electron chi connectivity index (χ2n) is 7.70. The zero-order valence-corrected chi connectivity index (χ0v) is 17.4. The number of halogens is 3. The Balaban J connectivity index is 1.65. The van der Waals surface area contributed by atoms with Gasteiger partial charge in [-0.1, -0.05) is 25.3 Å². The van der Waals surface area contributed by atoms with Crippen LogP contribution in [-0.2, 0) is 10.9 Å². The maximum atomic E-state index is 13.0. The van der Waals surface area contributed by atoms with Crippen LogP contribution in [0.15, 0.2) is 35.1 Å². The number of nitrogens with one attached hydrogen (secondary N) is 1. The molecule has 9 heteroatoms. The SMILES string of the molecule is Cc1cc(=O)c(C(=O)NCCCOC2CCCCC2)nn1-c1cccc(C(F)(F)F)c1. The van der Waals surface area contributed by atoms with E-state index in [1.54, 1.807) is 6.92 Å². The third-order valence-electron chi connectivity index (χ3n) is 5.25.